The SMILES string of the molecule is CC(C)CB1OC2CC3CC(C2O1)C3(C)C. The first kappa shape index (κ1) is 11.1. The van der Waals surface area contributed by atoms with Gasteiger partial charge in [0.2, 0.25) is 0 Å². The Labute approximate surface area is 99.2 Å². The normalized spacial score (nSPS) is 44.4. The Morgan fingerprint density at radius 2 is 2.00 bits per heavy atom. The highest BCUT2D eigenvalue weighted by atomic mass is 16.7. The quantitative estimate of drug-likeness (QED) is 0.668. The van der Waals surface area contributed by atoms with Crippen LogP contribution in [-0.4, -0.2) is 19.3 Å². The molecule has 0 N–H and O–H groups in total. The largest absolute Gasteiger partial charge is 0.457 e. The maximum absolute atomic E-state index is 6.14. The first-order chi connectivity index (χ1) is 7.48. The van der Waals surface area contributed by atoms with Gasteiger partial charge in [0.15, 0.2) is 0 Å². The van der Waals surface area contributed by atoms with Crippen molar-refractivity contribution in [1.82, 2.24) is 0 Å². The molecule has 3 saturated carbocycles. The van der Waals surface area contributed by atoms with Gasteiger partial charge in [0.05, 0.1) is 12.2 Å². The first-order valence-corrected chi connectivity index (χ1v) is 6.79. The van der Waals surface area contributed by atoms with E-state index in [-0.39, 0.29) is 7.12 Å². The summed E-state index contributed by atoms with van der Waals surface area (Å²) in [7, 11) is 0.0742. The number of rotatable bonds is 2. The molecule has 3 aliphatic carbocycles. The lowest BCUT2D eigenvalue weighted by atomic mass is 9.47. The molecule has 3 heteroatoms. The lowest BCUT2D eigenvalue weighted by Crippen LogP contribution is -2.59. The van der Waals surface area contributed by atoms with E-state index in [1.54, 1.807) is 0 Å². The van der Waals surface area contributed by atoms with Crippen molar-refractivity contribution in [2.45, 2.75) is 59.1 Å². The predicted octanol–water partition coefficient (Wildman–Crippen LogP) is 2.98. The average Bonchev–Trinajstić information content (AvgIpc) is 2.57. The second kappa shape index (κ2) is 3.49. The Kier molecular flexibility index (Phi) is 2.42. The molecule has 1 aliphatic heterocycles. The van der Waals surface area contributed by atoms with E-state index < -0.39 is 0 Å². The minimum atomic E-state index is 0.0742. The van der Waals surface area contributed by atoms with Crippen LogP contribution < -0.4 is 0 Å². The summed E-state index contributed by atoms with van der Waals surface area (Å²) in [4.78, 5) is 0. The van der Waals surface area contributed by atoms with Crippen molar-refractivity contribution in [3.63, 3.8) is 0 Å². The summed E-state index contributed by atoms with van der Waals surface area (Å²) in [6.45, 7) is 9.28. The van der Waals surface area contributed by atoms with Gasteiger partial charge in [0.1, 0.15) is 0 Å². The maximum atomic E-state index is 6.14. The lowest BCUT2D eigenvalue weighted by Gasteiger charge is -2.60. The maximum Gasteiger partial charge on any atom is 0.457 e. The Morgan fingerprint density at radius 3 is 2.62 bits per heavy atom. The van der Waals surface area contributed by atoms with Crippen molar-refractivity contribution in [3.05, 3.63) is 0 Å². The summed E-state index contributed by atoms with van der Waals surface area (Å²) in [5, 5.41) is 0. The molecule has 0 amide bonds. The highest BCUT2D eigenvalue weighted by Crippen LogP contribution is 2.61. The van der Waals surface area contributed by atoms with Crippen LogP contribution in [0.4, 0.5) is 0 Å². The minimum absolute atomic E-state index is 0.0742. The molecule has 0 aromatic carbocycles. The molecule has 4 atom stereocenters. The first-order valence-electron chi connectivity index (χ1n) is 6.79. The van der Waals surface area contributed by atoms with Crippen LogP contribution in [0.3, 0.4) is 0 Å². The summed E-state index contributed by atoms with van der Waals surface area (Å²) < 4.78 is 12.2. The van der Waals surface area contributed by atoms with Gasteiger partial charge in [-0.05, 0) is 42.3 Å². The van der Waals surface area contributed by atoms with Gasteiger partial charge in [0.25, 0.3) is 0 Å². The van der Waals surface area contributed by atoms with Gasteiger partial charge in [-0.15, -0.1) is 0 Å². The standard InChI is InChI=1S/C13H23BO2/c1-8(2)7-14-15-11-6-9-5-10(12(11)16-14)13(9,3)4/h8-12H,5-7H2,1-4H3. The van der Waals surface area contributed by atoms with Crippen molar-refractivity contribution < 1.29 is 9.31 Å². The number of hydrogen-bond acceptors (Lipinski definition) is 2. The van der Waals surface area contributed by atoms with Crippen molar-refractivity contribution in [3.8, 4) is 0 Å². The van der Waals surface area contributed by atoms with Gasteiger partial charge in [-0.25, -0.2) is 0 Å². The Morgan fingerprint density at radius 1 is 1.25 bits per heavy atom. The third-order valence-electron chi connectivity index (χ3n) is 5.13. The molecule has 2 bridgehead atoms. The van der Waals surface area contributed by atoms with Crippen LogP contribution in [0.15, 0.2) is 0 Å². The van der Waals surface area contributed by atoms with Crippen LogP contribution in [-0.2, 0) is 9.31 Å². The molecule has 2 nitrogen and oxygen atoms in total. The highest BCUT2D eigenvalue weighted by molar-refractivity contribution is 6.45. The molecule has 1 heterocycles. The minimum Gasteiger partial charge on any atom is -0.406 e. The zero-order chi connectivity index (χ0) is 11.5. The molecule has 4 rings (SSSR count). The zero-order valence-corrected chi connectivity index (χ0v) is 10.9. The molecule has 0 spiro atoms. The molecular weight excluding hydrogens is 199 g/mol. The van der Waals surface area contributed by atoms with E-state index in [1.165, 1.54) is 12.8 Å². The molecule has 0 radical (unpaired) electrons. The topological polar surface area (TPSA) is 18.5 Å². The van der Waals surface area contributed by atoms with Gasteiger partial charge < -0.3 is 9.31 Å². The fraction of sp³-hybridized carbons (Fsp3) is 1.00. The van der Waals surface area contributed by atoms with E-state index in [0.29, 0.717) is 23.5 Å². The van der Waals surface area contributed by atoms with Gasteiger partial charge in [-0.2, -0.15) is 0 Å². The smallest absolute Gasteiger partial charge is 0.406 e. The summed E-state index contributed by atoms with van der Waals surface area (Å²) in [6, 6.07) is 0. The zero-order valence-electron chi connectivity index (χ0n) is 10.9. The van der Waals surface area contributed by atoms with Crippen molar-refractivity contribution in [1.29, 1.82) is 0 Å². The Balaban J connectivity index is 1.68. The summed E-state index contributed by atoms with van der Waals surface area (Å²) in [5.74, 6) is 2.28. The molecule has 4 fully saturated rings. The van der Waals surface area contributed by atoms with Gasteiger partial charge in [-0.1, -0.05) is 27.7 Å². The summed E-state index contributed by atoms with van der Waals surface area (Å²) in [6.07, 6.45) is 4.43. The third kappa shape index (κ3) is 1.47. The fourth-order valence-electron chi connectivity index (χ4n) is 3.90. The predicted molar refractivity (Wildman–Crippen MR) is 65.1 cm³/mol. The highest BCUT2D eigenvalue weighted by Gasteiger charge is 2.61. The van der Waals surface area contributed by atoms with Crippen LogP contribution in [0, 0.1) is 23.2 Å². The molecule has 0 aromatic rings. The van der Waals surface area contributed by atoms with E-state index in [0.717, 1.165) is 18.2 Å². The second-order valence-electron chi connectivity index (χ2n) is 6.93. The molecule has 16 heavy (non-hydrogen) atoms. The van der Waals surface area contributed by atoms with Crippen molar-refractivity contribution >= 4 is 7.12 Å². The molecule has 1 saturated heterocycles. The third-order valence-corrected chi connectivity index (χ3v) is 5.13. The molecule has 0 aromatic heterocycles. The van der Waals surface area contributed by atoms with E-state index in [2.05, 4.69) is 27.7 Å². The number of hydrogen-bond donors (Lipinski definition) is 0. The Hall–Kier alpha value is -0.0151. The van der Waals surface area contributed by atoms with E-state index in [9.17, 15) is 0 Å². The lowest BCUT2D eigenvalue weighted by molar-refractivity contribution is -0.150. The van der Waals surface area contributed by atoms with Crippen LogP contribution in [0.2, 0.25) is 6.32 Å². The molecule has 4 unspecified atom stereocenters. The summed E-state index contributed by atoms with van der Waals surface area (Å²) in [5.41, 5.74) is 0.497. The second-order valence-corrected chi connectivity index (χ2v) is 6.93. The van der Waals surface area contributed by atoms with Crippen LogP contribution in [0.1, 0.15) is 40.5 Å². The molecular formula is C13H23BO2. The molecule has 4 aliphatic rings. The van der Waals surface area contributed by atoms with Crippen LogP contribution >= 0.6 is 0 Å². The fourth-order valence-corrected chi connectivity index (χ4v) is 3.90. The summed E-state index contributed by atoms with van der Waals surface area (Å²) >= 11 is 0. The average molecular weight is 222 g/mol. The van der Waals surface area contributed by atoms with E-state index >= 15 is 0 Å². The van der Waals surface area contributed by atoms with Crippen molar-refractivity contribution in [2.75, 3.05) is 0 Å². The van der Waals surface area contributed by atoms with E-state index in [1.807, 2.05) is 0 Å². The Bertz CT molecular complexity index is 290. The van der Waals surface area contributed by atoms with Gasteiger partial charge in [-0.3, -0.25) is 0 Å². The van der Waals surface area contributed by atoms with Crippen LogP contribution in [0.5, 0.6) is 0 Å². The van der Waals surface area contributed by atoms with E-state index in [4.69, 9.17) is 9.31 Å². The molecule has 90 valence electrons. The van der Waals surface area contributed by atoms with Crippen molar-refractivity contribution in [2.24, 2.45) is 23.2 Å². The van der Waals surface area contributed by atoms with Gasteiger partial charge >= 0.3 is 7.12 Å². The van der Waals surface area contributed by atoms with Gasteiger partial charge in [0, 0.05) is 0 Å². The van der Waals surface area contributed by atoms with Crippen LogP contribution in [0.25, 0.3) is 0 Å². The monoisotopic (exact) mass is 222 g/mol.